The van der Waals surface area contributed by atoms with Crippen LogP contribution in [0, 0.1) is 5.92 Å². The molecule has 4 rings (SSSR count). The molecular weight excluding hydrogens is 396 g/mol. The van der Waals surface area contributed by atoms with Crippen molar-refractivity contribution >= 4 is 18.0 Å². The predicted octanol–water partition coefficient (Wildman–Crippen LogP) is 3.28. The maximum atomic E-state index is 12.4. The summed E-state index contributed by atoms with van der Waals surface area (Å²) in [6.07, 6.45) is 2.11. The normalized spacial score (nSPS) is 19.4. The Balaban J connectivity index is 1.27. The Morgan fingerprint density at radius 3 is 2.26 bits per heavy atom. The van der Waals surface area contributed by atoms with Crippen LogP contribution in [0.25, 0.3) is 11.1 Å². The van der Waals surface area contributed by atoms with Crippen molar-refractivity contribution in [1.29, 1.82) is 0 Å². The molecular formula is C24H26N2O5. The van der Waals surface area contributed by atoms with E-state index >= 15 is 0 Å². The van der Waals surface area contributed by atoms with E-state index in [0.29, 0.717) is 6.42 Å². The van der Waals surface area contributed by atoms with Crippen molar-refractivity contribution in [1.82, 2.24) is 10.6 Å². The number of ether oxygens (including phenoxy) is 1. The molecule has 0 aliphatic heterocycles. The Morgan fingerprint density at radius 2 is 1.61 bits per heavy atom. The molecule has 7 nitrogen and oxygen atoms in total. The van der Waals surface area contributed by atoms with E-state index < -0.39 is 12.1 Å². The number of carbonyl (C=O) groups excluding carboxylic acids is 2. The van der Waals surface area contributed by atoms with Gasteiger partial charge in [-0.15, -0.1) is 0 Å². The van der Waals surface area contributed by atoms with Crippen LogP contribution in [0.5, 0.6) is 0 Å². The quantitative estimate of drug-likeness (QED) is 0.635. The van der Waals surface area contributed by atoms with Gasteiger partial charge in [-0.1, -0.05) is 48.5 Å². The van der Waals surface area contributed by atoms with E-state index in [9.17, 15) is 14.4 Å². The topological polar surface area (TPSA) is 105 Å². The van der Waals surface area contributed by atoms with Gasteiger partial charge in [0, 0.05) is 18.4 Å². The lowest BCUT2D eigenvalue weighted by Gasteiger charge is -2.17. The Labute approximate surface area is 180 Å². The predicted molar refractivity (Wildman–Crippen MR) is 115 cm³/mol. The summed E-state index contributed by atoms with van der Waals surface area (Å²) < 4.78 is 5.59. The van der Waals surface area contributed by atoms with Gasteiger partial charge in [-0.05, 0) is 47.4 Å². The molecule has 0 aromatic heterocycles. The second-order valence-electron chi connectivity index (χ2n) is 8.22. The van der Waals surface area contributed by atoms with Gasteiger partial charge in [0.15, 0.2) is 0 Å². The number of carboxylic acids is 1. The van der Waals surface area contributed by atoms with E-state index in [2.05, 4.69) is 34.9 Å². The van der Waals surface area contributed by atoms with Crippen LogP contribution in [0.3, 0.4) is 0 Å². The van der Waals surface area contributed by atoms with Crippen molar-refractivity contribution < 1.29 is 24.2 Å². The fraction of sp³-hybridized carbons (Fsp3) is 0.375. The summed E-state index contributed by atoms with van der Waals surface area (Å²) >= 11 is 0. The van der Waals surface area contributed by atoms with E-state index in [1.54, 1.807) is 0 Å². The molecule has 2 aliphatic carbocycles. The van der Waals surface area contributed by atoms with Crippen LogP contribution in [-0.2, 0) is 14.3 Å². The van der Waals surface area contributed by atoms with Gasteiger partial charge in [0.25, 0.3) is 0 Å². The molecule has 0 saturated heterocycles. The number of aliphatic carboxylic acids is 1. The summed E-state index contributed by atoms with van der Waals surface area (Å²) in [6, 6.07) is 16.4. The lowest BCUT2D eigenvalue weighted by molar-refractivity contribution is -0.138. The number of amides is 2. The maximum absolute atomic E-state index is 12.4. The molecule has 0 bridgehead atoms. The molecule has 7 heteroatoms. The molecule has 2 amide bonds. The molecule has 0 radical (unpaired) electrons. The smallest absolute Gasteiger partial charge is 0.407 e. The molecule has 2 aromatic rings. The average Bonchev–Trinajstić information content (AvgIpc) is 3.32. The molecule has 2 atom stereocenters. The van der Waals surface area contributed by atoms with Gasteiger partial charge in [-0.3, -0.25) is 9.59 Å². The fourth-order valence-electron chi connectivity index (χ4n) is 4.71. The van der Waals surface area contributed by atoms with Crippen molar-refractivity contribution in [3.63, 3.8) is 0 Å². The van der Waals surface area contributed by atoms with Crippen molar-refractivity contribution in [2.45, 2.75) is 37.6 Å². The molecule has 0 heterocycles. The van der Waals surface area contributed by atoms with E-state index in [4.69, 9.17) is 9.84 Å². The van der Waals surface area contributed by atoms with Gasteiger partial charge < -0.3 is 20.5 Å². The SMILES string of the molecule is O=C(O)CNC(=O)CC1CCC(NC(=O)OCC2c3ccccc3-c3ccccc32)C1. The number of alkyl carbamates (subject to hydrolysis) is 1. The number of hydrogen-bond donors (Lipinski definition) is 3. The summed E-state index contributed by atoms with van der Waals surface area (Å²) in [6.45, 7) is -0.0966. The van der Waals surface area contributed by atoms with Crippen LogP contribution in [0.15, 0.2) is 48.5 Å². The first-order valence-electron chi connectivity index (χ1n) is 10.6. The number of nitrogens with one attached hydrogen (secondary N) is 2. The van der Waals surface area contributed by atoms with Gasteiger partial charge in [-0.2, -0.15) is 0 Å². The van der Waals surface area contributed by atoms with Crippen LogP contribution in [0.4, 0.5) is 4.79 Å². The second kappa shape index (κ2) is 9.20. The van der Waals surface area contributed by atoms with Crippen LogP contribution in [-0.4, -0.2) is 42.3 Å². The van der Waals surface area contributed by atoms with Gasteiger partial charge in [0.2, 0.25) is 5.91 Å². The number of fused-ring (bicyclic) bond motifs is 3. The van der Waals surface area contributed by atoms with E-state index in [0.717, 1.165) is 12.8 Å². The minimum atomic E-state index is -1.06. The lowest BCUT2D eigenvalue weighted by Crippen LogP contribution is -2.34. The molecule has 1 saturated carbocycles. The minimum Gasteiger partial charge on any atom is -0.480 e. The Hall–Kier alpha value is -3.35. The van der Waals surface area contributed by atoms with E-state index in [-0.39, 0.29) is 43.4 Å². The van der Waals surface area contributed by atoms with Crippen molar-refractivity contribution in [2.24, 2.45) is 5.92 Å². The molecule has 0 spiro atoms. The number of benzene rings is 2. The number of carboxylic acid groups (broad SMARTS) is 1. The molecule has 31 heavy (non-hydrogen) atoms. The third kappa shape index (κ3) is 4.87. The van der Waals surface area contributed by atoms with Crippen molar-refractivity contribution in [3.05, 3.63) is 59.7 Å². The molecule has 2 unspecified atom stereocenters. The van der Waals surface area contributed by atoms with Gasteiger partial charge in [0.1, 0.15) is 13.2 Å². The third-order valence-corrected chi connectivity index (χ3v) is 6.12. The first kappa shape index (κ1) is 20.9. The van der Waals surface area contributed by atoms with Gasteiger partial charge >= 0.3 is 12.1 Å². The molecule has 3 N–H and O–H groups in total. The van der Waals surface area contributed by atoms with Crippen LogP contribution in [0.1, 0.15) is 42.7 Å². The van der Waals surface area contributed by atoms with E-state index in [1.165, 1.54) is 22.3 Å². The fourth-order valence-corrected chi connectivity index (χ4v) is 4.71. The molecule has 1 fully saturated rings. The molecule has 2 aromatic carbocycles. The zero-order valence-electron chi connectivity index (χ0n) is 17.2. The zero-order chi connectivity index (χ0) is 21.8. The largest absolute Gasteiger partial charge is 0.480 e. The highest BCUT2D eigenvalue weighted by Gasteiger charge is 2.31. The summed E-state index contributed by atoms with van der Waals surface area (Å²) in [5.74, 6) is -1.18. The number of carbonyl (C=O) groups is 3. The first-order chi connectivity index (χ1) is 15.0. The Kier molecular flexibility index (Phi) is 6.21. The first-order valence-corrected chi connectivity index (χ1v) is 10.6. The molecule has 2 aliphatic rings. The number of rotatable bonds is 7. The standard InChI is InChI=1S/C24H26N2O5/c27-22(25-13-23(28)29)12-15-9-10-16(11-15)26-24(30)31-14-21-19-7-3-1-5-17(19)18-6-2-4-8-20(18)21/h1-8,15-16,21H,9-14H2,(H,25,27)(H,26,30)(H,28,29). The van der Waals surface area contributed by atoms with Crippen LogP contribution in [0.2, 0.25) is 0 Å². The second-order valence-corrected chi connectivity index (χ2v) is 8.22. The van der Waals surface area contributed by atoms with Gasteiger partial charge in [0.05, 0.1) is 0 Å². The summed E-state index contributed by atoms with van der Waals surface area (Å²) in [7, 11) is 0. The average molecular weight is 422 g/mol. The van der Waals surface area contributed by atoms with Crippen molar-refractivity contribution in [2.75, 3.05) is 13.2 Å². The summed E-state index contributed by atoms with van der Waals surface area (Å²) in [5, 5.41) is 13.9. The summed E-state index contributed by atoms with van der Waals surface area (Å²) in [4.78, 5) is 34.7. The van der Waals surface area contributed by atoms with Crippen molar-refractivity contribution in [3.8, 4) is 11.1 Å². The highest BCUT2D eigenvalue weighted by Crippen LogP contribution is 2.44. The van der Waals surface area contributed by atoms with Gasteiger partial charge in [-0.25, -0.2) is 4.79 Å². The van der Waals surface area contributed by atoms with Crippen LogP contribution < -0.4 is 10.6 Å². The Morgan fingerprint density at radius 1 is 0.968 bits per heavy atom. The van der Waals surface area contributed by atoms with E-state index in [1.807, 2.05) is 24.3 Å². The highest BCUT2D eigenvalue weighted by molar-refractivity contribution is 5.81. The molecule has 162 valence electrons. The number of hydrogen-bond acceptors (Lipinski definition) is 4. The lowest BCUT2D eigenvalue weighted by atomic mass is 9.98. The minimum absolute atomic E-state index is 0.0207. The monoisotopic (exact) mass is 422 g/mol. The third-order valence-electron chi connectivity index (χ3n) is 6.12. The zero-order valence-corrected chi connectivity index (χ0v) is 17.2. The Bertz CT molecular complexity index is 944. The maximum Gasteiger partial charge on any atom is 0.407 e. The summed E-state index contributed by atoms with van der Waals surface area (Å²) in [5.41, 5.74) is 4.72. The highest BCUT2D eigenvalue weighted by atomic mass is 16.5. The van der Waals surface area contributed by atoms with Crippen LogP contribution >= 0.6 is 0 Å².